The Kier molecular flexibility index (Phi) is 4.54. The van der Waals surface area contributed by atoms with Gasteiger partial charge in [-0.2, -0.15) is 0 Å². The van der Waals surface area contributed by atoms with E-state index in [2.05, 4.69) is 5.32 Å². The molecule has 2 aliphatic heterocycles. The van der Waals surface area contributed by atoms with Crippen molar-refractivity contribution in [2.45, 2.75) is 37.8 Å². The van der Waals surface area contributed by atoms with E-state index >= 15 is 0 Å². The van der Waals surface area contributed by atoms with Crippen LogP contribution in [0, 0.1) is 0 Å². The first kappa shape index (κ1) is 13.3. The van der Waals surface area contributed by atoms with Gasteiger partial charge in [0.2, 0.25) is 11.8 Å². The number of rotatable bonds is 2. The Morgan fingerprint density at radius 2 is 2.11 bits per heavy atom. The fourth-order valence-corrected chi connectivity index (χ4v) is 2.54. The van der Waals surface area contributed by atoms with E-state index in [-0.39, 0.29) is 18.6 Å². The summed E-state index contributed by atoms with van der Waals surface area (Å²) in [5, 5.41) is 3.25. The zero-order valence-corrected chi connectivity index (χ0v) is 10.6. The molecule has 0 saturated carbocycles. The van der Waals surface area contributed by atoms with Crippen LogP contribution in [0.4, 0.5) is 0 Å². The summed E-state index contributed by atoms with van der Waals surface area (Å²) in [6.45, 7) is 2.00. The fourth-order valence-electron chi connectivity index (χ4n) is 2.54. The summed E-state index contributed by atoms with van der Waals surface area (Å²) in [7, 11) is 0. The van der Waals surface area contributed by atoms with Crippen LogP contribution >= 0.6 is 0 Å². The van der Waals surface area contributed by atoms with Crippen molar-refractivity contribution in [1.29, 1.82) is 0 Å². The number of hydrogen-bond acceptors (Lipinski definition) is 4. The first-order valence-electron chi connectivity index (χ1n) is 6.61. The Morgan fingerprint density at radius 3 is 2.89 bits per heavy atom. The zero-order chi connectivity index (χ0) is 13.0. The number of nitrogens with one attached hydrogen (secondary N) is 1. The number of nitrogens with zero attached hydrogens (tertiary/aromatic N) is 1. The molecule has 0 aliphatic carbocycles. The molecule has 2 amide bonds. The second kappa shape index (κ2) is 6.15. The molecule has 102 valence electrons. The van der Waals surface area contributed by atoms with Crippen molar-refractivity contribution >= 4 is 11.8 Å². The van der Waals surface area contributed by atoms with E-state index in [0.717, 1.165) is 32.2 Å². The molecule has 2 rings (SSSR count). The van der Waals surface area contributed by atoms with Crippen molar-refractivity contribution in [2.75, 3.05) is 26.3 Å². The molecule has 0 spiro atoms. The Hall–Kier alpha value is -1.14. The van der Waals surface area contributed by atoms with Gasteiger partial charge in [-0.15, -0.1) is 0 Å². The highest BCUT2D eigenvalue weighted by molar-refractivity contribution is 5.89. The number of nitrogens with two attached hydrogens (primary N) is 1. The smallest absolute Gasteiger partial charge is 0.242 e. The predicted octanol–water partition coefficient (Wildman–Crippen LogP) is -0.769. The van der Waals surface area contributed by atoms with Crippen LogP contribution in [0.3, 0.4) is 0 Å². The number of carbonyl (C=O) groups is 2. The highest BCUT2D eigenvalue weighted by atomic mass is 16.5. The lowest BCUT2D eigenvalue weighted by molar-refractivity contribution is -0.148. The summed E-state index contributed by atoms with van der Waals surface area (Å²) in [6.07, 6.45) is 4.14. The van der Waals surface area contributed by atoms with Crippen LogP contribution < -0.4 is 11.1 Å². The normalized spacial score (nSPS) is 29.7. The molecular formula is C12H21N3O3. The highest BCUT2D eigenvalue weighted by Gasteiger charge is 2.34. The first-order valence-corrected chi connectivity index (χ1v) is 6.61. The Morgan fingerprint density at radius 1 is 1.28 bits per heavy atom. The highest BCUT2D eigenvalue weighted by Crippen LogP contribution is 2.14. The molecule has 2 fully saturated rings. The molecule has 18 heavy (non-hydrogen) atoms. The molecule has 6 nitrogen and oxygen atoms in total. The van der Waals surface area contributed by atoms with Crippen LogP contribution in [0.15, 0.2) is 0 Å². The van der Waals surface area contributed by atoms with Crippen molar-refractivity contribution in [1.82, 2.24) is 10.2 Å². The number of hydrogen-bond donors (Lipinski definition) is 2. The Balaban J connectivity index is 2.02. The summed E-state index contributed by atoms with van der Waals surface area (Å²) in [5.74, 6) is -0.499. The van der Waals surface area contributed by atoms with Gasteiger partial charge in [-0.3, -0.25) is 9.59 Å². The van der Waals surface area contributed by atoms with Crippen molar-refractivity contribution in [3.8, 4) is 0 Å². The molecule has 2 saturated heterocycles. The van der Waals surface area contributed by atoms with E-state index < -0.39 is 11.9 Å². The average molecular weight is 255 g/mol. The van der Waals surface area contributed by atoms with Crippen LogP contribution in [0.25, 0.3) is 0 Å². The molecule has 0 radical (unpaired) electrons. The zero-order valence-electron chi connectivity index (χ0n) is 10.6. The maximum atomic E-state index is 12.4. The Bertz CT molecular complexity index is 314. The molecular weight excluding hydrogens is 234 g/mol. The molecule has 2 unspecified atom stereocenters. The van der Waals surface area contributed by atoms with Crippen molar-refractivity contribution in [3.63, 3.8) is 0 Å². The number of ether oxygens (including phenoxy) is 1. The van der Waals surface area contributed by atoms with Gasteiger partial charge in [0.1, 0.15) is 6.04 Å². The van der Waals surface area contributed by atoms with Gasteiger partial charge >= 0.3 is 0 Å². The summed E-state index contributed by atoms with van der Waals surface area (Å²) < 4.78 is 5.22. The van der Waals surface area contributed by atoms with Crippen molar-refractivity contribution < 1.29 is 14.3 Å². The van der Waals surface area contributed by atoms with Gasteiger partial charge in [0, 0.05) is 6.54 Å². The largest absolute Gasteiger partial charge is 0.377 e. The summed E-state index contributed by atoms with van der Waals surface area (Å²) in [5.41, 5.74) is 5.32. The van der Waals surface area contributed by atoms with Crippen molar-refractivity contribution in [2.24, 2.45) is 5.73 Å². The number of primary amides is 1. The lowest BCUT2D eigenvalue weighted by Gasteiger charge is -2.35. The fraction of sp³-hybridized carbons (Fsp3) is 0.833. The number of amides is 2. The van der Waals surface area contributed by atoms with Crippen LogP contribution in [0.2, 0.25) is 0 Å². The van der Waals surface area contributed by atoms with E-state index in [4.69, 9.17) is 10.5 Å². The lowest BCUT2D eigenvalue weighted by Crippen LogP contribution is -2.58. The summed E-state index contributed by atoms with van der Waals surface area (Å²) >= 11 is 0. The number of carbonyl (C=O) groups excluding carboxylic acids is 2. The monoisotopic (exact) mass is 255 g/mol. The topological polar surface area (TPSA) is 84.7 Å². The quantitative estimate of drug-likeness (QED) is 0.678. The van der Waals surface area contributed by atoms with Gasteiger partial charge in [-0.1, -0.05) is 12.8 Å². The minimum absolute atomic E-state index is 0.0102. The van der Waals surface area contributed by atoms with Crippen LogP contribution in [0.1, 0.15) is 25.7 Å². The van der Waals surface area contributed by atoms with E-state index in [1.807, 2.05) is 0 Å². The maximum absolute atomic E-state index is 12.4. The van der Waals surface area contributed by atoms with Gasteiger partial charge < -0.3 is 20.7 Å². The van der Waals surface area contributed by atoms with Gasteiger partial charge in [-0.05, 0) is 19.4 Å². The molecule has 2 atom stereocenters. The van der Waals surface area contributed by atoms with Gasteiger partial charge in [0.25, 0.3) is 0 Å². The SMILES string of the molecule is NC(=O)C1COCCN1C(=O)C1CCCCCN1. The second-order valence-corrected chi connectivity index (χ2v) is 4.88. The molecule has 0 bridgehead atoms. The lowest BCUT2D eigenvalue weighted by atomic mass is 10.1. The minimum Gasteiger partial charge on any atom is -0.377 e. The average Bonchev–Trinajstić information content (AvgIpc) is 2.66. The van der Waals surface area contributed by atoms with Crippen LogP contribution in [0.5, 0.6) is 0 Å². The Labute approximate surface area is 107 Å². The van der Waals surface area contributed by atoms with Gasteiger partial charge in [0.05, 0.1) is 19.3 Å². The standard InChI is InChI=1S/C12H21N3O3/c13-11(16)10-8-18-7-6-15(10)12(17)9-4-2-1-3-5-14-9/h9-10,14H,1-8H2,(H2,13,16). The van der Waals surface area contributed by atoms with Crippen LogP contribution in [-0.4, -0.2) is 55.1 Å². The van der Waals surface area contributed by atoms with Crippen LogP contribution in [-0.2, 0) is 14.3 Å². The predicted molar refractivity (Wildman–Crippen MR) is 65.8 cm³/mol. The maximum Gasteiger partial charge on any atom is 0.242 e. The van der Waals surface area contributed by atoms with Crippen molar-refractivity contribution in [3.05, 3.63) is 0 Å². The summed E-state index contributed by atoms with van der Waals surface area (Å²) in [6, 6.07) is -0.788. The molecule has 3 N–H and O–H groups in total. The molecule has 2 heterocycles. The third-order valence-corrected chi connectivity index (χ3v) is 3.60. The number of morpholine rings is 1. The van der Waals surface area contributed by atoms with E-state index in [0.29, 0.717) is 13.2 Å². The summed E-state index contributed by atoms with van der Waals surface area (Å²) in [4.78, 5) is 25.3. The van der Waals surface area contributed by atoms with Gasteiger partial charge in [-0.25, -0.2) is 0 Å². The third kappa shape index (κ3) is 3.00. The second-order valence-electron chi connectivity index (χ2n) is 4.88. The molecule has 2 aliphatic rings. The first-order chi connectivity index (χ1) is 8.70. The molecule has 0 aromatic rings. The minimum atomic E-state index is -0.615. The molecule has 0 aromatic carbocycles. The van der Waals surface area contributed by atoms with E-state index in [1.165, 1.54) is 0 Å². The van der Waals surface area contributed by atoms with Gasteiger partial charge in [0.15, 0.2) is 0 Å². The molecule has 0 aromatic heterocycles. The molecule has 6 heteroatoms. The van der Waals surface area contributed by atoms with E-state index in [1.54, 1.807) is 4.90 Å². The third-order valence-electron chi connectivity index (χ3n) is 3.60. The van der Waals surface area contributed by atoms with E-state index in [9.17, 15) is 9.59 Å².